The van der Waals surface area contributed by atoms with Crippen molar-refractivity contribution in [3.63, 3.8) is 0 Å². The maximum Gasteiger partial charge on any atom is 0.314 e. The zero-order valence-corrected chi connectivity index (χ0v) is 12.5. The number of rotatable bonds is 2. The Morgan fingerprint density at radius 2 is 2.30 bits per heavy atom. The largest absolute Gasteiger partial charge is 0.465 e. The van der Waals surface area contributed by atoms with Gasteiger partial charge in [-0.2, -0.15) is 0 Å². The topological polar surface area (TPSA) is 42.1 Å². The van der Waals surface area contributed by atoms with Gasteiger partial charge in [0.15, 0.2) is 0 Å². The summed E-state index contributed by atoms with van der Waals surface area (Å²) >= 11 is 6.36. The number of ether oxygens (including phenoxy) is 1. The van der Waals surface area contributed by atoms with Crippen molar-refractivity contribution in [3.05, 3.63) is 34.0 Å². The van der Waals surface area contributed by atoms with Crippen LogP contribution in [0, 0.1) is 6.92 Å². The lowest BCUT2D eigenvalue weighted by Gasteiger charge is -2.21. The SMILES string of the molecule is CCOC(=O)C1CCCc2c1[nH]c1c(C)ccc(Cl)c21. The summed E-state index contributed by atoms with van der Waals surface area (Å²) in [6.07, 6.45) is 2.80. The van der Waals surface area contributed by atoms with Crippen LogP contribution in [-0.2, 0) is 16.0 Å². The van der Waals surface area contributed by atoms with Gasteiger partial charge in [-0.3, -0.25) is 4.79 Å². The fraction of sp³-hybridized carbons (Fsp3) is 0.438. The lowest BCUT2D eigenvalue weighted by molar-refractivity contribution is -0.145. The maximum atomic E-state index is 12.1. The summed E-state index contributed by atoms with van der Waals surface area (Å²) in [7, 11) is 0. The first-order valence-electron chi connectivity index (χ1n) is 7.09. The lowest BCUT2D eigenvalue weighted by Crippen LogP contribution is -2.20. The second kappa shape index (κ2) is 5.13. The third kappa shape index (κ3) is 2.01. The number of hydrogen-bond donors (Lipinski definition) is 1. The Bertz CT molecular complexity index is 675. The first kappa shape index (κ1) is 13.5. The summed E-state index contributed by atoms with van der Waals surface area (Å²) in [5.74, 6) is -0.310. The first-order valence-corrected chi connectivity index (χ1v) is 7.47. The van der Waals surface area contributed by atoms with Gasteiger partial charge in [0.1, 0.15) is 0 Å². The van der Waals surface area contributed by atoms with Crippen LogP contribution >= 0.6 is 11.6 Å². The van der Waals surface area contributed by atoms with Crippen molar-refractivity contribution in [2.75, 3.05) is 6.61 Å². The molecule has 0 radical (unpaired) electrons. The van der Waals surface area contributed by atoms with Crippen LogP contribution in [0.3, 0.4) is 0 Å². The molecule has 3 rings (SSSR count). The predicted molar refractivity (Wildman–Crippen MR) is 80.4 cm³/mol. The minimum absolute atomic E-state index is 0.131. The number of nitrogens with one attached hydrogen (secondary N) is 1. The zero-order chi connectivity index (χ0) is 14.3. The number of aryl methyl sites for hydroxylation is 2. The molecule has 1 atom stereocenters. The Balaban J connectivity index is 2.18. The van der Waals surface area contributed by atoms with Crippen LogP contribution in [0.4, 0.5) is 0 Å². The van der Waals surface area contributed by atoms with Crippen LogP contribution in [0.25, 0.3) is 10.9 Å². The molecule has 1 heterocycles. The van der Waals surface area contributed by atoms with E-state index in [1.165, 1.54) is 5.56 Å². The highest BCUT2D eigenvalue weighted by Crippen LogP contribution is 2.40. The van der Waals surface area contributed by atoms with Gasteiger partial charge in [0.25, 0.3) is 0 Å². The van der Waals surface area contributed by atoms with E-state index in [9.17, 15) is 4.79 Å². The van der Waals surface area contributed by atoms with Crippen LogP contribution in [-0.4, -0.2) is 17.6 Å². The lowest BCUT2D eigenvalue weighted by atomic mass is 9.86. The van der Waals surface area contributed by atoms with Gasteiger partial charge in [-0.25, -0.2) is 0 Å². The standard InChI is InChI=1S/C16H18ClNO2/c1-3-20-16(19)11-6-4-5-10-13-12(17)8-7-9(2)14(13)18-15(10)11/h7-8,11,18H,3-6H2,1-2H3. The summed E-state index contributed by atoms with van der Waals surface area (Å²) in [4.78, 5) is 15.6. The fourth-order valence-electron chi connectivity index (χ4n) is 3.15. The quantitative estimate of drug-likeness (QED) is 0.846. The Morgan fingerprint density at radius 3 is 3.05 bits per heavy atom. The van der Waals surface area contributed by atoms with Gasteiger partial charge in [0.2, 0.25) is 0 Å². The summed E-state index contributed by atoms with van der Waals surface area (Å²) in [5.41, 5.74) is 4.40. The number of esters is 1. The van der Waals surface area contributed by atoms with Crippen molar-refractivity contribution in [2.45, 2.75) is 39.0 Å². The second-order valence-electron chi connectivity index (χ2n) is 5.33. The van der Waals surface area contributed by atoms with E-state index in [0.717, 1.165) is 46.4 Å². The van der Waals surface area contributed by atoms with E-state index in [0.29, 0.717) is 6.61 Å². The molecule has 0 aliphatic heterocycles. The number of hydrogen-bond acceptors (Lipinski definition) is 2. The van der Waals surface area contributed by atoms with Crippen LogP contribution in [0.5, 0.6) is 0 Å². The van der Waals surface area contributed by atoms with E-state index < -0.39 is 0 Å². The number of benzene rings is 1. The van der Waals surface area contributed by atoms with Crippen molar-refractivity contribution in [1.82, 2.24) is 4.98 Å². The Kier molecular flexibility index (Phi) is 3.47. The van der Waals surface area contributed by atoms with Crippen LogP contribution < -0.4 is 0 Å². The molecule has 0 saturated heterocycles. The molecule has 0 spiro atoms. The molecule has 0 amide bonds. The van der Waals surface area contributed by atoms with E-state index in [4.69, 9.17) is 16.3 Å². The third-order valence-corrected chi connectivity index (χ3v) is 4.40. The van der Waals surface area contributed by atoms with Crippen molar-refractivity contribution in [1.29, 1.82) is 0 Å². The Hall–Kier alpha value is -1.48. The average Bonchev–Trinajstić information content (AvgIpc) is 2.83. The fourth-order valence-corrected chi connectivity index (χ4v) is 3.42. The normalized spacial score (nSPS) is 18.1. The molecule has 2 aromatic rings. The number of aromatic nitrogens is 1. The molecule has 1 unspecified atom stereocenters. The van der Waals surface area contributed by atoms with Gasteiger partial charge in [-0.05, 0) is 50.3 Å². The van der Waals surface area contributed by atoms with E-state index >= 15 is 0 Å². The molecular formula is C16H18ClNO2. The molecule has 0 bridgehead atoms. The summed E-state index contributed by atoms with van der Waals surface area (Å²) < 4.78 is 5.20. The van der Waals surface area contributed by atoms with E-state index in [1.807, 2.05) is 19.1 Å². The minimum atomic E-state index is -0.179. The minimum Gasteiger partial charge on any atom is -0.465 e. The van der Waals surface area contributed by atoms with E-state index in [1.54, 1.807) is 0 Å². The zero-order valence-electron chi connectivity index (χ0n) is 11.8. The molecule has 1 aromatic heterocycles. The number of carbonyl (C=O) groups excluding carboxylic acids is 1. The van der Waals surface area contributed by atoms with Gasteiger partial charge < -0.3 is 9.72 Å². The summed E-state index contributed by atoms with van der Waals surface area (Å²) in [6.45, 7) is 4.32. The molecule has 4 heteroatoms. The molecule has 0 fully saturated rings. The van der Waals surface area contributed by atoms with Gasteiger partial charge in [0, 0.05) is 11.1 Å². The highest BCUT2D eigenvalue weighted by molar-refractivity contribution is 6.36. The van der Waals surface area contributed by atoms with Crippen LogP contribution in [0.1, 0.15) is 42.5 Å². The highest BCUT2D eigenvalue weighted by atomic mass is 35.5. The summed E-state index contributed by atoms with van der Waals surface area (Å²) in [5, 5.41) is 1.84. The third-order valence-electron chi connectivity index (χ3n) is 4.09. The van der Waals surface area contributed by atoms with Gasteiger partial charge in [-0.1, -0.05) is 17.7 Å². The van der Waals surface area contributed by atoms with Crippen molar-refractivity contribution >= 4 is 28.5 Å². The Morgan fingerprint density at radius 1 is 1.50 bits per heavy atom. The van der Waals surface area contributed by atoms with Gasteiger partial charge in [0.05, 0.1) is 23.1 Å². The average molecular weight is 292 g/mol. The Labute approximate surface area is 123 Å². The number of H-pyrrole nitrogens is 1. The molecule has 1 N–H and O–H groups in total. The molecule has 1 aliphatic carbocycles. The number of halogens is 1. The number of aromatic amines is 1. The molecule has 106 valence electrons. The number of carbonyl (C=O) groups is 1. The van der Waals surface area contributed by atoms with Crippen LogP contribution in [0.2, 0.25) is 5.02 Å². The molecular weight excluding hydrogens is 274 g/mol. The monoisotopic (exact) mass is 291 g/mol. The summed E-state index contributed by atoms with van der Waals surface area (Å²) in [6, 6.07) is 3.94. The number of fused-ring (bicyclic) bond motifs is 3. The van der Waals surface area contributed by atoms with Crippen molar-refractivity contribution < 1.29 is 9.53 Å². The smallest absolute Gasteiger partial charge is 0.314 e. The predicted octanol–water partition coefficient (Wildman–Crippen LogP) is 4.11. The highest BCUT2D eigenvalue weighted by Gasteiger charge is 2.31. The molecule has 20 heavy (non-hydrogen) atoms. The van der Waals surface area contributed by atoms with Crippen LogP contribution in [0.15, 0.2) is 12.1 Å². The van der Waals surface area contributed by atoms with E-state index in [2.05, 4.69) is 11.9 Å². The molecule has 1 aromatic carbocycles. The molecule has 0 saturated carbocycles. The first-order chi connectivity index (χ1) is 9.63. The van der Waals surface area contributed by atoms with E-state index in [-0.39, 0.29) is 11.9 Å². The second-order valence-corrected chi connectivity index (χ2v) is 5.74. The van der Waals surface area contributed by atoms with Gasteiger partial charge in [-0.15, -0.1) is 0 Å². The van der Waals surface area contributed by atoms with Crippen molar-refractivity contribution in [3.8, 4) is 0 Å². The molecule has 1 aliphatic rings. The maximum absolute atomic E-state index is 12.1. The van der Waals surface area contributed by atoms with Gasteiger partial charge >= 0.3 is 5.97 Å². The molecule has 3 nitrogen and oxygen atoms in total. The van der Waals surface area contributed by atoms with Crippen molar-refractivity contribution in [2.24, 2.45) is 0 Å².